The molecule has 1 N–H and O–H groups in total. The van der Waals surface area contributed by atoms with Gasteiger partial charge in [0.25, 0.3) is 3.90 Å². The van der Waals surface area contributed by atoms with Crippen LogP contribution in [-0.4, -0.2) is 16.1 Å². The van der Waals surface area contributed by atoms with Crippen molar-refractivity contribution in [2.45, 2.75) is 6.42 Å². The van der Waals surface area contributed by atoms with E-state index in [1.54, 1.807) is 18.2 Å². The van der Waals surface area contributed by atoms with Crippen LogP contribution in [0.1, 0.15) is 5.56 Å². The monoisotopic (exact) mass is 303 g/mol. The van der Waals surface area contributed by atoms with Crippen LogP contribution in [0.5, 0.6) is 0 Å². The molecule has 0 radical (unpaired) electrons. The van der Waals surface area contributed by atoms with Gasteiger partial charge in [-0.3, -0.25) is 4.79 Å². The first-order chi connectivity index (χ1) is 6.66. The Kier molecular flexibility index (Phi) is 2.40. The van der Waals surface area contributed by atoms with E-state index >= 15 is 0 Å². The molecule has 2 aromatic rings. The maximum Gasteiger partial charge on any atom is 0.307 e. The second-order valence-corrected chi connectivity index (χ2v) is 3.72. The van der Waals surface area contributed by atoms with Gasteiger partial charge in [0.05, 0.1) is 6.42 Å². The molecule has 0 fully saturated rings. The molecule has 0 bridgehead atoms. The van der Waals surface area contributed by atoms with Crippen LogP contribution in [-0.2, 0) is 11.2 Å². The molecule has 0 aliphatic carbocycles. The zero-order chi connectivity index (χ0) is 10.1. The summed E-state index contributed by atoms with van der Waals surface area (Å²) in [5.74, 6) is -0.865. The van der Waals surface area contributed by atoms with Crippen LogP contribution in [0, 0.1) is 3.90 Å². The van der Waals surface area contributed by atoms with E-state index in [-0.39, 0.29) is 6.42 Å². The van der Waals surface area contributed by atoms with Crippen molar-refractivity contribution in [2.75, 3.05) is 0 Å². The predicted octanol–water partition coefficient (Wildman–Crippen LogP) is 2.06. The fourth-order valence-electron chi connectivity index (χ4n) is 1.28. The molecule has 1 aromatic carbocycles. The number of fused-ring (bicyclic) bond motifs is 1. The minimum atomic E-state index is -0.865. The number of halogens is 1. The number of rotatable bonds is 2. The van der Waals surface area contributed by atoms with Crippen molar-refractivity contribution in [1.29, 1.82) is 0 Å². The number of carboxylic acids is 1. The molecular formula is C9H6INO3. The van der Waals surface area contributed by atoms with E-state index in [0.717, 1.165) is 0 Å². The average Bonchev–Trinajstić information content (AvgIpc) is 2.45. The fraction of sp³-hybridized carbons (Fsp3) is 0.111. The average molecular weight is 303 g/mol. The highest BCUT2D eigenvalue weighted by atomic mass is 127. The van der Waals surface area contributed by atoms with E-state index < -0.39 is 5.97 Å². The molecule has 0 spiro atoms. The minimum absolute atomic E-state index is 0.0278. The van der Waals surface area contributed by atoms with E-state index in [0.29, 0.717) is 20.6 Å². The van der Waals surface area contributed by atoms with E-state index in [4.69, 9.17) is 9.52 Å². The van der Waals surface area contributed by atoms with Crippen LogP contribution < -0.4 is 0 Å². The van der Waals surface area contributed by atoms with Gasteiger partial charge in [0.2, 0.25) is 0 Å². The van der Waals surface area contributed by atoms with Crippen LogP contribution >= 0.6 is 22.6 Å². The number of hydrogen-bond acceptors (Lipinski definition) is 3. The second-order valence-electron chi connectivity index (χ2n) is 2.80. The second kappa shape index (κ2) is 3.56. The van der Waals surface area contributed by atoms with Gasteiger partial charge in [0.1, 0.15) is 5.52 Å². The van der Waals surface area contributed by atoms with E-state index in [2.05, 4.69) is 4.98 Å². The van der Waals surface area contributed by atoms with Crippen LogP contribution in [0.2, 0.25) is 0 Å². The van der Waals surface area contributed by atoms with Crippen LogP contribution in [0.25, 0.3) is 11.1 Å². The number of nitrogens with zero attached hydrogens (tertiary/aromatic N) is 1. The zero-order valence-corrected chi connectivity index (χ0v) is 9.19. The molecule has 1 heterocycles. The van der Waals surface area contributed by atoms with Crippen molar-refractivity contribution < 1.29 is 14.3 Å². The van der Waals surface area contributed by atoms with Gasteiger partial charge >= 0.3 is 5.97 Å². The molecule has 0 aliphatic heterocycles. The van der Waals surface area contributed by atoms with Gasteiger partial charge in [-0.05, 0) is 11.6 Å². The Morgan fingerprint density at radius 3 is 3.07 bits per heavy atom. The van der Waals surface area contributed by atoms with Crippen molar-refractivity contribution in [2.24, 2.45) is 0 Å². The smallest absolute Gasteiger partial charge is 0.307 e. The van der Waals surface area contributed by atoms with Crippen molar-refractivity contribution in [3.05, 3.63) is 27.7 Å². The lowest BCUT2D eigenvalue weighted by Gasteiger charge is -1.95. The number of carboxylic acid groups (broad SMARTS) is 1. The number of benzene rings is 1. The number of aromatic nitrogens is 1. The molecule has 0 aliphatic rings. The molecule has 4 nitrogen and oxygen atoms in total. The number of para-hydroxylation sites is 1. The Morgan fingerprint density at radius 2 is 2.36 bits per heavy atom. The highest BCUT2D eigenvalue weighted by Gasteiger charge is 2.10. The Bertz CT molecular complexity index is 492. The molecule has 1 aromatic heterocycles. The molecule has 72 valence electrons. The number of carbonyl (C=O) groups is 1. The van der Waals surface area contributed by atoms with Crippen molar-refractivity contribution >= 4 is 39.7 Å². The summed E-state index contributed by atoms with van der Waals surface area (Å²) in [4.78, 5) is 14.7. The first-order valence-corrected chi connectivity index (χ1v) is 5.00. The highest BCUT2D eigenvalue weighted by Crippen LogP contribution is 2.20. The standard InChI is InChI=1S/C9H6INO3/c10-9-11-8-5(4-7(12)13)2-1-3-6(8)14-9/h1-3H,4H2,(H,12,13). The van der Waals surface area contributed by atoms with Gasteiger partial charge in [0, 0.05) is 22.6 Å². The van der Waals surface area contributed by atoms with Gasteiger partial charge in [0.15, 0.2) is 5.58 Å². The van der Waals surface area contributed by atoms with Gasteiger partial charge < -0.3 is 9.52 Å². The molecule has 0 saturated carbocycles. The molecule has 14 heavy (non-hydrogen) atoms. The maximum absolute atomic E-state index is 10.6. The number of aliphatic carboxylic acids is 1. The van der Waals surface area contributed by atoms with Crippen LogP contribution in [0.3, 0.4) is 0 Å². The SMILES string of the molecule is O=C(O)Cc1cccc2oc(I)nc12. The predicted molar refractivity (Wildman–Crippen MR) is 58.1 cm³/mol. The van der Waals surface area contributed by atoms with Crippen molar-refractivity contribution in [3.8, 4) is 0 Å². The summed E-state index contributed by atoms with van der Waals surface area (Å²) in [5.41, 5.74) is 1.95. The number of hydrogen-bond donors (Lipinski definition) is 1. The highest BCUT2D eigenvalue weighted by molar-refractivity contribution is 14.1. The first kappa shape index (κ1) is 9.45. The Hall–Kier alpha value is -1.11. The third-order valence-electron chi connectivity index (χ3n) is 1.82. The minimum Gasteiger partial charge on any atom is -0.481 e. The molecule has 0 saturated heterocycles. The van der Waals surface area contributed by atoms with Crippen LogP contribution in [0.4, 0.5) is 0 Å². The summed E-state index contributed by atoms with van der Waals surface area (Å²) in [6.07, 6.45) is -0.0278. The lowest BCUT2D eigenvalue weighted by Crippen LogP contribution is -2.00. The third kappa shape index (κ3) is 1.72. The third-order valence-corrected chi connectivity index (χ3v) is 2.28. The van der Waals surface area contributed by atoms with Gasteiger partial charge in [-0.25, -0.2) is 4.98 Å². The van der Waals surface area contributed by atoms with E-state index in [1.807, 2.05) is 22.6 Å². The van der Waals surface area contributed by atoms with Gasteiger partial charge in [-0.1, -0.05) is 12.1 Å². The lowest BCUT2D eigenvalue weighted by atomic mass is 10.1. The molecule has 0 unspecified atom stereocenters. The summed E-state index contributed by atoms with van der Waals surface area (Å²) in [7, 11) is 0. The van der Waals surface area contributed by atoms with Gasteiger partial charge in [-0.15, -0.1) is 0 Å². The van der Waals surface area contributed by atoms with Gasteiger partial charge in [-0.2, -0.15) is 0 Å². The topological polar surface area (TPSA) is 63.3 Å². The molecule has 0 atom stereocenters. The summed E-state index contributed by atoms with van der Waals surface area (Å²) in [6.45, 7) is 0. The summed E-state index contributed by atoms with van der Waals surface area (Å²) in [5, 5.41) is 8.67. The van der Waals surface area contributed by atoms with Crippen LogP contribution in [0.15, 0.2) is 22.6 Å². The van der Waals surface area contributed by atoms with Crippen molar-refractivity contribution in [1.82, 2.24) is 4.98 Å². The maximum atomic E-state index is 10.6. The largest absolute Gasteiger partial charge is 0.481 e. The van der Waals surface area contributed by atoms with E-state index in [1.165, 1.54) is 0 Å². The number of oxazole rings is 1. The Balaban J connectivity index is 2.58. The fourth-order valence-corrected chi connectivity index (χ4v) is 1.76. The summed E-state index contributed by atoms with van der Waals surface area (Å²) >= 11 is 1.96. The lowest BCUT2D eigenvalue weighted by molar-refractivity contribution is -0.136. The molecule has 0 amide bonds. The normalized spacial score (nSPS) is 10.6. The zero-order valence-electron chi connectivity index (χ0n) is 7.03. The molecule has 2 rings (SSSR count). The van der Waals surface area contributed by atoms with E-state index in [9.17, 15) is 4.79 Å². The molecular weight excluding hydrogens is 297 g/mol. The summed E-state index contributed by atoms with van der Waals surface area (Å²) in [6, 6.07) is 5.28. The first-order valence-electron chi connectivity index (χ1n) is 3.92. The quantitative estimate of drug-likeness (QED) is 0.863. The molecule has 5 heteroatoms. The summed E-state index contributed by atoms with van der Waals surface area (Å²) < 4.78 is 5.80. The Morgan fingerprint density at radius 1 is 1.57 bits per heavy atom. The van der Waals surface area contributed by atoms with Crippen molar-refractivity contribution in [3.63, 3.8) is 0 Å². The Labute approximate surface area is 93.1 Å².